The van der Waals surface area contributed by atoms with Gasteiger partial charge in [0.2, 0.25) is 0 Å². The maximum atomic E-state index is 11.6. The van der Waals surface area contributed by atoms with Gasteiger partial charge < -0.3 is 9.67 Å². The van der Waals surface area contributed by atoms with E-state index < -0.39 is 15.9 Å². The highest BCUT2D eigenvalue weighted by molar-refractivity contribution is 8.01. The lowest BCUT2D eigenvalue weighted by atomic mass is 10.3. The first kappa shape index (κ1) is 13.1. The Morgan fingerprint density at radius 1 is 1.15 bits per heavy atom. The summed E-state index contributed by atoms with van der Waals surface area (Å²) in [6, 6.07) is 0.484. The third-order valence-electron chi connectivity index (χ3n) is 4.07. The van der Waals surface area contributed by atoms with Crippen molar-refractivity contribution in [3.8, 4) is 0 Å². The molecule has 1 aliphatic heterocycles. The van der Waals surface area contributed by atoms with Crippen LogP contribution in [0.15, 0.2) is 5.16 Å². The van der Waals surface area contributed by atoms with Crippen LogP contribution < -0.4 is 0 Å². The number of hydrogen-bond acceptors (Lipinski definition) is 6. The molecule has 2 unspecified atom stereocenters. The molecule has 0 amide bonds. The number of nitrogens with zero attached hydrogens (tertiary/aromatic N) is 3. The van der Waals surface area contributed by atoms with Crippen LogP contribution in [0.4, 0.5) is 0 Å². The maximum Gasteiger partial charge on any atom is 0.191 e. The highest BCUT2D eigenvalue weighted by Crippen LogP contribution is 2.46. The second-order valence-electron chi connectivity index (χ2n) is 6.02. The lowest BCUT2D eigenvalue weighted by Gasteiger charge is -2.13. The third-order valence-corrected chi connectivity index (χ3v) is 7.27. The first-order valence-electron chi connectivity index (χ1n) is 7.03. The largest absolute Gasteiger partial charge is 0.391 e. The van der Waals surface area contributed by atoms with Crippen molar-refractivity contribution in [2.75, 3.05) is 11.5 Å². The van der Waals surface area contributed by atoms with Crippen molar-refractivity contribution in [2.45, 2.75) is 54.2 Å². The van der Waals surface area contributed by atoms with Gasteiger partial charge in [-0.15, -0.1) is 10.2 Å². The summed E-state index contributed by atoms with van der Waals surface area (Å²) in [7, 11) is -3.11. The first-order valence-corrected chi connectivity index (χ1v) is 9.73. The number of rotatable bonds is 4. The molecule has 0 aromatic carbocycles. The molecule has 1 saturated heterocycles. The van der Waals surface area contributed by atoms with E-state index in [1.807, 2.05) is 0 Å². The highest BCUT2D eigenvalue weighted by atomic mass is 32.2. The van der Waals surface area contributed by atoms with E-state index in [0.717, 1.165) is 23.8 Å². The average Bonchev–Trinajstić information content (AvgIpc) is 3.27. The lowest BCUT2D eigenvalue weighted by Crippen LogP contribution is -2.20. The minimum Gasteiger partial charge on any atom is -0.391 e. The van der Waals surface area contributed by atoms with Crippen LogP contribution >= 0.6 is 11.8 Å². The molecule has 8 heteroatoms. The highest BCUT2D eigenvalue weighted by Gasteiger charge is 2.41. The minimum atomic E-state index is -3.11. The van der Waals surface area contributed by atoms with Gasteiger partial charge in [0.1, 0.15) is 5.82 Å². The molecule has 0 spiro atoms. The van der Waals surface area contributed by atoms with Crippen molar-refractivity contribution >= 4 is 21.6 Å². The molecule has 6 nitrogen and oxygen atoms in total. The zero-order valence-electron chi connectivity index (χ0n) is 11.0. The minimum absolute atomic E-state index is 0.0368. The molecule has 1 N–H and O–H groups in total. The Kier molecular flexibility index (Phi) is 2.91. The van der Waals surface area contributed by atoms with E-state index in [2.05, 4.69) is 14.8 Å². The summed E-state index contributed by atoms with van der Waals surface area (Å²) in [6.45, 7) is 0. The normalized spacial score (nSPS) is 32.6. The standard InChI is InChI=1S/C12H17N3O3S2/c16-9-5-20(17,18)6-10(9)19-12-14-13-11(7-1-2-7)15(12)8-3-4-8/h7-10,16H,1-6H2. The van der Waals surface area contributed by atoms with Crippen LogP contribution in [0.25, 0.3) is 0 Å². The van der Waals surface area contributed by atoms with Gasteiger partial charge in [0.15, 0.2) is 15.0 Å². The van der Waals surface area contributed by atoms with Gasteiger partial charge in [-0.3, -0.25) is 0 Å². The van der Waals surface area contributed by atoms with Crippen molar-refractivity contribution in [1.29, 1.82) is 0 Å². The number of aliphatic hydroxyl groups is 1. The first-order chi connectivity index (χ1) is 9.53. The fraction of sp³-hybridized carbons (Fsp3) is 0.833. The van der Waals surface area contributed by atoms with Crippen LogP contribution in [0.2, 0.25) is 0 Å². The van der Waals surface area contributed by atoms with Crippen molar-refractivity contribution in [1.82, 2.24) is 14.8 Å². The molecule has 2 heterocycles. The Morgan fingerprint density at radius 2 is 1.90 bits per heavy atom. The molecule has 1 aromatic heterocycles. The lowest BCUT2D eigenvalue weighted by molar-refractivity contribution is 0.207. The smallest absolute Gasteiger partial charge is 0.191 e. The van der Waals surface area contributed by atoms with E-state index in [0.29, 0.717) is 12.0 Å². The predicted molar refractivity (Wildman–Crippen MR) is 74.6 cm³/mol. The van der Waals surface area contributed by atoms with Gasteiger partial charge in [-0.1, -0.05) is 11.8 Å². The van der Waals surface area contributed by atoms with E-state index in [4.69, 9.17) is 0 Å². The van der Waals surface area contributed by atoms with E-state index >= 15 is 0 Å². The Morgan fingerprint density at radius 3 is 2.45 bits per heavy atom. The summed E-state index contributed by atoms with van der Waals surface area (Å²) < 4.78 is 25.4. The molecule has 2 saturated carbocycles. The van der Waals surface area contributed by atoms with Crippen LogP contribution in [0.3, 0.4) is 0 Å². The molecule has 0 bridgehead atoms. The SMILES string of the molecule is O=S1(=O)CC(O)C(Sc2nnc(C3CC3)n2C2CC2)C1. The Balaban J connectivity index is 1.60. The van der Waals surface area contributed by atoms with E-state index in [-0.39, 0.29) is 16.8 Å². The van der Waals surface area contributed by atoms with Crippen molar-refractivity contribution < 1.29 is 13.5 Å². The molecular formula is C12H17N3O3S2. The summed E-state index contributed by atoms with van der Waals surface area (Å²) in [5.41, 5.74) is 0. The van der Waals surface area contributed by atoms with Crippen LogP contribution in [-0.4, -0.2) is 51.1 Å². The molecule has 1 aromatic rings. The molecule has 4 rings (SSSR count). The average molecular weight is 315 g/mol. The molecule has 0 radical (unpaired) electrons. The van der Waals surface area contributed by atoms with Gasteiger partial charge in [0.05, 0.1) is 22.9 Å². The Labute approximate surface area is 121 Å². The molecule has 3 fully saturated rings. The summed E-state index contributed by atoms with van der Waals surface area (Å²) in [5, 5.41) is 18.9. The summed E-state index contributed by atoms with van der Waals surface area (Å²) in [4.78, 5) is 0. The van der Waals surface area contributed by atoms with Gasteiger partial charge in [-0.25, -0.2) is 8.42 Å². The Bertz CT molecular complexity index is 634. The zero-order valence-corrected chi connectivity index (χ0v) is 12.6. The number of hydrogen-bond donors (Lipinski definition) is 1. The number of aliphatic hydroxyl groups excluding tert-OH is 1. The third kappa shape index (κ3) is 2.37. The molecule has 20 heavy (non-hydrogen) atoms. The van der Waals surface area contributed by atoms with E-state index in [9.17, 15) is 13.5 Å². The monoisotopic (exact) mass is 315 g/mol. The number of aromatic nitrogens is 3. The van der Waals surface area contributed by atoms with Crippen molar-refractivity contribution in [3.63, 3.8) is 0 Å². The Hall–Kier alpha value is -0.600. The van der Waals surface area contributed by atoms with Crippen LogP contribution in [0.1, 0.15) is 43.5 Å². The summed E-state index contributed by atoms with van der Waals surface area (Å²) >= 11 is 1.38. The predicted octanol–water partition coefficient (Wildman–Crippen LogP) is 0.740. The fourth-order valence-corrected chi connectivity index (χ4v) is 6.31. The van der Waals surface area contributed by atoms with Crippen LogP contribution in [0, 0.1) is 0 Å². The second kappa shape index (κ2) is 4.45. The van der Waals surface area contributed by atoms with Gasteiger partial charge >= 0.3 is 0 Å². The van der Waals surface area contributed by atoms with Gasteiger partial charge in [0, 0.05) is 12.0 Å². The molecule has 2 atom stereocenters. The van der Waals surface area contributed by atoms with E-state index in [1.165, 1.54) is 24.6 Å². The summed E-state index contributed by atoms with van der Waals surface area (Å²) in [5.74, 6) is 1.51. The van der Waals surface area contributed by atoms with Crippen molar-refractivity contribution in [3.05, 3.63) is 5.82 Å². The zero-order chi connectivity index (χ0) is 13.9. The second-order valence-corrected chi connectivity index (χ2v) is 9.38. The molecule has 110 valence electrons. The fourth-order valence-electron chi connectivity index (χ4n) is 2.71. The van der Waals surface area contributed by atoms with E-state index in [1.54, 1.807) is 0 Å². The maximum absolute atomic E-state index is 11.6. The summed E-state index contributed by atoms with van der Waals surface area (Å²) in [6.07, 6.45) is 3.86. The van der Waals surface area contributed by atoms with Crippen LogP contribution in [0.5, 0.6) is 0 Å². The number of sulfone groups is 1. The van der Waals surface area contributed by atoms with Crippen molar-refractivity contribution in [2.24, 2.45) is 0 Å². The van der Waals surface area contributed by atoms with Gasteiger partial charge in [0.25, 0.3) is 0 Å². The quantitative estimate of drug-likeness (QED) is 0.882. The molecule has 2 aliphatic carbocycles. The van der Waals surface area contributed by atoms with Gasteiger partial charge in [-0.05, 0) is 25.7 Å². The molecule has 3 aliphatic rings. The number of thioether (sulfide) groups is 1. The van der Waals surface area contributed by atoms with Gasteiger partial charge in [-0.2, -0.15) is 0 Å². The topological polar surface area (TPSA) is 85.1 Å². The molecular weight excluding hydrogens is 298 g/mol. The van der Waals surface area contributed by atoms with Crippen LogP contribution in [-0.2, 0) is 9.84 Å².